The van der Waals surface area contributed by atoms with Gasteiger partial charge in [-0.05, 0) is 55.2 Å². The molecule has 0 unspecified atom stereocenters. The highest BCUT2D eigenvalue weighted by Crippen LogP contribution is 2.26. The van der Waals surface area contributed by atoms with E-state index < -0.39 is 0 Å². The second kappa shape index (κ2) is 9.29. The third-order valence-corrected chi connectivity index (χ3v) is 6.95. The SMILES string of the molecule is O=C(c1cc2ccccc2[nH]1)N1CCC(Cn2c(COc3ccccc3)nc3ccccc32)CC1. The Morgan fingerprint density at radius 3 is 2.51 bits per heavy atom. The number of hydrogen-bond acceptors (Lipinski definition) is 3. The van der Waals surface area contributed by atoms with Gasteiger partial charge in [0.05, 0.1) is 11.0 Å². The van der Waals surface area contributed by atoms with Crippen LogP contribution < -0.4 is 4.74 Å². The Balaban J connectivity index is 1.15. The summed E-state index contributed by atoms with van der Waals surface area (Å²) in [7, 11) is 0. The quantitative estimate of drug-likeness (QED) is 0.353. The molecule has 2 aromatic heterocycles. The molecule has 1 amide bonds. The molecular formula is C29H28N4O2. The van der Waals surface area contributed by atoms with Gasteiger partial charge >= 0.3 is 0 Å². The number of aromatic nitrogens is 3. The third-order valence-electron chi connectivity index (χ3n) is 6.95. The van der Waals surface area contributed by atoms with Crippen molar-refractivity contribution in [3.8, 4) is 5.75 Å². The Hall–Kier alpha value is -4.06. The molecule has 176 valence electrons. The Bertz CT molecular complexity index is 1430. The molecule has 6 rings (SSSR count). The normalized spacial score (nSPS) is 14.6. The number of aromatic amines is 1. The Kier molecular flexibility index (Phi) is 5.70. The van der Waals surface area contributed by atoms with E-state index in [-0.39, 0.29) is 5.91 Å². The van der Waals surface area contributed by atoms with Gasteiger partial charge in [-0.2, -0.15) is 0 Å². The molecule has 3 aromatic carbocycles. The van der Waals surface area contributed by atoms with Gasteiger partial charge in [0.15, 0.2) is 0 Å². The van der Waals surface area contributed by atoms with Crippen molar-refractivity contribution in [1.29, 1.82) is 0 Å². The first-order chi connectivity index (χ1) is 17.2. The number of rotatable bonds is 6. The first-order valence-electron chi connectivity index (χ1n) is 12.2. The van der Waals surface area contributed by atoms with E-state index in [1.807, 2.05) is 71.6 Å². The Morgan fingerprint density at radius 1 is 0.943 bits per heavy atom. The molecule has 0 saturated carbocycles. The molecule has 1 saturated heterocycles. The molecule has 1 aliphatic heterocycles. The fraction of sp³-hybridized carbons (Fsp3) is 0.241. The summed E-state index contributed by atoms with van der Waals surface area (Å²) >= 11 is 0. The predicted molar refractivity (Wildman–Crippen MR) is 137 cm³/mol. The number of imidazole rings is 1. The number of hydrogen-bond donors (Lipinski definition) is 1. The average Bonchev–Trinajstić information content (AvgIpc) is 3.50. The van der Waals surface area contributed by atoms with Gasteiger partial charge in [0, 0.05) is 30.5 Å². The number of carbonyl (C=O) groups excluding carboxylic acids is 1. The van der Waals surface area contributed by atoms with Crippen molar-refractivity contribution in [2.24, 2.45) is 5.92 Å². The zero-order chi connectivity index (χ0) is 23.6. The van der Waals surface area contributed by atoms with Crippen molar-refractivity contribution in [2.45, 2.75) is 26.0 Å². The van der Waals surface area contributed by atoms with Gasteiger partial charge in [-0.25, -0.2) is 4.98 Å². The van der Waals surface area contributed by atoms with E-state index in [2.05, 4.69) is 27.8 Å². The largest absolute Gasteiger partial charge is 0.486 e. The van der Waals surface area contributed by atoms with E-state index in [9.17, 15) is 4.79 Å². The second-order valence-electron chi connectivity index (χ2n) is 9.23. The van der Waals surface area contributed by atoms with Gasteiger partial charge in [-0.15, -0.1) is 0 Å². The van der Waals surface area contributed by atoms with Gasteiger partial charge in [0.2, 0.25) is 0 Å². The molecule has 0 radical (unpaired) electrons. The number of amides is 1. The van der Waals surface area contributed by atoms with Crippen LogP contribution in [0.25, 0.3) is 21.9 Å². The minimum absolute atomic E-state index is 0.0877. The van der Waals surface area contributed by atoms with Crippen LogP contribution >= 0.6 is 0 Å². The standard InChI is InChI=1S/C29H28N4O2/c34-29(26-18-22-8-4-5-11-24(22)30-26)32-16-14-21(15-17-32)19-33-27-13-7-6-12-25(27)31-28(33)20-35-23-9-2-1-3-10-23/h1-13,18,21,30H,14-17,19-20H2. The lowest BCUT2D eigenvalue weighted by atomic mass is 9.96. The molecule has 1 aliphatic rings. The maximum Gasteiger partial charge on any atom is 0.270 e. The highest BCUT2D eigenvalue weighted by Gasteiger charge is 2.26. The first-order valence-corrected chi connectivity index (χ1v) is 12.2. The van der Waals surface area contributed by atoms with Crippen molar-refractivity contribution in [2.75, 3.05) is 13.1 Å². The number of fused-ring (bicyclic) bond motifs is 2. The van der Waals surface area contributed by atoms with E-state index in [1.165, 1.54) is 0 Å². The Morgan fingerprint density at radius 2 is 1.69 bits per heavy atom. The van der Waals surface area contributed by atoms with E-state index in [1.54, 1.807) is 0 Å². The maximum absolute atomic E-state index is 13.1. The number of benzene rings is 3. The number of carbonyl (C=O) groups is 1. The molecule has 0 spiro atoms. The van der Waals surface area contributed by atoms with Crippen molar-refractivity contribution in [1.82, 2.24) is 19.4 Å². The van der Waals surface area contributed by atoms with E-state index in [0.29, 0.717) is 18.2 Å². The summed E-state index contributed by atoms with van der Waals surface area (Å²) < 4.78 is 8.34. The third kappa shape index (κ3) is 4.39. The van der Waals surface area contributed by atoms with E-state index in [4.69, 9.17) is 9.72 Å². The predicted octanol–water partition coefficient (Wildman–Crippen LogP) is 5.65. The molecule has 0 atom stereocenters. The highest BCUT2D eigenvalue weighted by molar-refractivity contribution is 5.98. The van der Waals surface area contributed by atoms with Crippen LogP contribution in [0.3, 0.4) is 0 Å². The molecule has 1 N–H and O–H groups in total. The highest BCUT2D eigenvalue weighted by atomic mass is 16.5. The molecular weight excluding hydrogens is 436 g/mol. The lowest BCUT2D eigenvalue weighted by Crippen LogP contribution is -2.39. The molecule has 35 heavy (non-hydrogen) atoms. The van der Waals surface area contributed by atoms with Gasteiger partial charge in [-0.3, -0.25) is 4.79 Å². The van der Waals surface area contributed by atoms with Crippen LogP contribution in [0.15, 0.2) is 84.9 Å². The number of piperidine rings is 1. The smallest absolute Gasteiger partial charge is 0.270 e. The van der Waals surface area contributed by atoms with Gasteiger partial charge in [0.1, 0.15) is 23.9 Å². The van der Waals surface area contributed by atoms with Crippen LogP contribution in [0.4, 0.5) is 0 Å². The number of nitrogens with one attached hydrogen (secondary N) is 1. The van der Waals surface area contributed by atoms with E-state index >= 15 is 0 Å². The van der Waals surface area contributed by atoms with Crippen LogP contribution in [0, 0.1) is 5.92 Å². The van der Waals surface area contributed by atoms with Crippen LogP contribution in [-0.2, 0) is 13.2 Å². The molecule has 5 aromatic rings. The first kappa shape index (κ1) is 21.5. The summed E-state index contributed by atoms with van der Waals surface area (Å²) in [5.41, 5.74) is 3.80. The van der Waals surface area contributed by atoms with Crippen LogP contribution in [-0.4, -0.2) is 38.4 Å². The zero-order valence-electron chi connectivity index (χ0n) is 19.6. The van der Waals surface area contributed by atoms with Crippen LogP contribution in [0.5, 0.6) is 5.75 Å². The van der Waals surface area contributed by atoms with Gasteiger partial charge in [-0.1, -0.05) is 48.5 Å². The number of para-hydroxylation sites is 4. The minimum atomic E-state index is 0.0877. The molecule has 1 fully saturated rings. The minimum Gasteiger partial charge on any atom is -0.486 e. The summed E-state index contributed by atoms with van der Waals surface area (Å²) in [6.45, 7) is 2.83. The maximum atomic E-state index is 13.1. The molecule has 6 nitrogen and oxygen atoms in total. The molecule has 6 heteroatoms. The lowest BCUT2D eigenvalue weighted by molar-refractivity contribution is 0.0677. The van der Waals surface area contributed by atoms with Crippen LogP contribution in [0.2, 0.25) is 0 Å². The van der Waals surface area contributed by atoms with Crippen molar-refractivity contribution in [3.05, 3.63) is 96.4 Å². The van der Waals surface area contributed by atoms with Crippen molar-refractivity contribution < 1.29 is 9.53 Å². The van der Waals surface area contributed by atoms with Gasteiger partial charge in [0.25, 0.3) is 5.91 Å². The van der Waals surface area contributed by atoms with Crippen molar-refractivity contribution in [3.63, 3.8) is 0 Å². The summed E-state index contributed by atoms with van der Waals surface area (Å²) in [5.74, 6) is 2.35. The van der Waals surface area contributed by atoms with E-state index in [0.717, 1.165) is 66.0 Å². The Labute approximate surface area is 204 Å². The fourth-order valence-electron chi connectivity index (χ4n) is 5.04. The average molecular weight is 465 g/mol. The summed E-state index contributed by atoms with van der Waals surface area (Å²) in [6.07, 6.45) is 1.94. The lowest BCUT2D eigenvalue weighted by Gasteiger charge is -2.32. The second-order valence-corrected chi connectivity index (χ2v) is 9.23. The molecule has 0 bridgehead atoms. The van der Waals surface area contributed by atoms with Gasteiger partial charge < -0.3 is 19.2 Å². The number of likely N-dealkylation sites (tertiary alicyclic amines) is 1. The molecule has 3 heterocycles. The number of H-pyrrole nitrogens is 1. The summed E-state index contributed by atoms with van der Waals surface area (Å²) in [4.78, 5) is 23.2. The number of ether oxygens (including phenoxy) is 1. The number of nitrogens with zero attached hydrogens (tertiary/aromatic N) is 3. The summed E-state index contributed by atoms with van der Waals surface area (Å²) in [6, 6.07) is 28.1. The molecule has 0 aliphatic carbocycles. The van der Waals surface area contributed by atoms with Crippen molar-refractivity contribution >= 4 is 27.8 Å². The summed E-state index contributed by atoms with van der Waals surface area (Å²) in [5, 5.41) is 1.07. The topological polar surface area (TPSA) is 63.2 Å². The zero-order valence-corrected chi connectivity index (χ0v) is 19.6. The fourth-order valence-corrected chi connectivity index (χ4v) is 5.04. The monoisotopic (exact) mass is 464 g/mol. The van der Waals surface area contributed by atoms with Crippen LogP contribution in [0.1, 0.15) is 29.2 Å².